The summed E-state index contributed by atoms with van der Waals surface area (Å²) in [5.41, 5.74) is 4.55. The Bertz CT molecular complexity index is 1290. The van der Waals surface area contributed by atoms with Gasteiger partial charge in [-0.05, 0) is 36.1 Å². The number of nitrogens with one attached hydrogen (secondary N) is 1. The highest BCUT2D eigenvalue weighted by molar-refractivity contribution is 5.95. The first-order valence-electron chi connectivity index (χ1n) is 11.1. The molecular formula is C26H28N4O3. The molecule has 2 aromatic heterocycles. The predicted molar refractivity (Wildman–Crippen MR) is 130 cm³/mol. The summed E-state index contributed by atoms with van der Waals surface area (Å²) in [4.78, 5) is 30.8. The second-order valence-corrected chi connectivity index (χ2v) is 7.92. The maximum atomic E-state index is 13.3. The molecule has 0 aliphatic heterocycles. The lowest BCUT2D eigenvalue weighted by molar-refractivity contribution is -0.116. The number of hydrogen-bond donors (Lipinski definition) is 1. The quantitative estimate of drug-likeness (QED) is 0.394. The molecule has 4 rings (SSSR count). The Hall–Kier alpha value is -3.71. The van der Waals surface area contributed by atoms with E-state index in [2.05, 4.69) is 17.2 Å². The summed E-state index contributed by atoms with van der Waals surface area (Å²) in [5.74, 6) is -0.204. The molecule has 0 aliphatic rings. The molecule has 0 bridgehead atoms. The number of amides is 1. The van der Waals surface area contributed by atoms with Gasteiger partial charge in [-0.15, -0.1) is 0 Å². The first-order valence-corrected chi connectivity index (χ1v) is 11.1. The number of nitrogens with zero attached hydrogens (tertiary/aromatic N) is 3. The number of anilines is 1. The van der Waals surface area contributed by atoms with Crippen molar-refractivity contribution in [2.75, 3.05) is 19.0 Å². The zero-order chi connectivity index (χ0) is 23.2. The average molecular weight is 445 g/mol. The van der Waals surface area contributed by atoms with Crippen LogP contribution in [0.1, 0.15) is 18.9 Å². The van der Waals surface area contributed by atoms with E-state index in [1.807, 2.05) is 60.8 Å². The van der Waals surface area contributed by atoms with Gasteiger partial charge in [0.15, 0.2) is 0 Å². The van der Waals surface area contributed by atoms with Crippen molar-refractivity contribution < 1.29 is 9.53 Å². The van der Waals surface area contributed by atoms with Crippen LogP contribution in [0, 0.1) is 0 Å². The molecule has 7 nitrogen and oxygen atoms in total. The van der Waals surface area contributed by atoms with Crippen LogP contribution in [0.2, 0.25) is 0 Å². The van der Waals surface area contributed by atoms with E-state index in [4.69, 9.17) is 4.74 Å². The van der Waals surface area contributed by atoms with E-state index in [1.54, 1.807) is 22.6 Å². The first kappa shape index (κ1) is 22.5. The maximum Gasteiger partial charge on any atom is 0.277 e. The molecule has 0 atom stereocenters. The van der Waals surface area contributed by atoms with Crippen LogP contribution in [-0.4, -0.2) is 33.7 Å². The van der Waals surface area contributed by atoms with Crippen LogP contribution in [0.3, 0.4) is 0 Å². The second kappa shape index (κ2) is 10.3. The smallest absolute Gasteiger partial charge is 0.277 e. The molecule has 1 amide bonds. The molecule has 7 heteroatoms. The highest BCUT2D eigenvalue weighted by Gasteiger charge is 2.18. The number of aromatic nitrogens is 3. The number of hydrogen-bond acceptors (Lipinski definition) is 4. The number of benzene rings is 2. The van der Waals surface area contributed by atoms with Gasteiger partial charge in [0.25, 0.3) is 5.56 Å². The van der Waals surface area contributed by atoms with E-state index < -0.39 is 0 Å². The van der Waals surface area contributed by atoms with Crippen LogP contribution in [0.4, 0.5) is 5.69 Å². The van der Waals surface area contributed by atoms with Crippen LogP contribution in [0.5, 0.6) is 0 Å². The van der Waals surface area contributed by atoms with E-state index in [0.717, 1.165) is 23.2 Å². The topological polar surface area (TPSA) is 78.2 Å². The Morgan fingerprint density at radius 3 is 2.52 bits per heavy atom. The van der Waals surface area contributed by atoms with Crippen molar-refractivity contribution in [3.05, 3.63) is 83.0 Å². The van der Waals surface area contributed by atoms with E-state index in [1.165, 1.54) is 5.56 Å². The van der Waals surface area contributed by atoms with Crippen molar-refractivity contribution in [3.8, 4) is 11.1 Å². The van der Waals surface area contributed by atoms with Gasteiger partial charge in [0.1, 0.15) is 17.6 Å². The van der Waals surface area contributed by atoms with E-state index in [9.17, 15) is 9.59 Å². The van der Waals surface area contributed by atoms with Gasteiger partial charge >= 0.3 is 0 Å². The third-order valence-corrected chi connectivity index (χ3v) is 5.63. The fourth-order valence-corrected chi connectivity index (χ4v) is 3.89. The van der Waals surface area contributed by atoms with Gasteiger partial charge in [-0.2, -0.15) is 0 Å². The largest absolute Gasteiger partial charge is 0.385 e. The van der Waals surface area contributed by atoms with Crippen molar-refractivity contribution in [2.24, 2.45) is 0 Å². The molecule has 2 aromatic carbocycles. The fourth-order valence-electron chi connectivity index (χ4n) is 3.89. The predicted octanol–water partition coefficient (Wildman–Crippen LogP) is 4.10. The monoisotopic (exact) mass is 444 g/mol. The fraction of sp³-hybridized carbons (Fsp3) is 0.269. The molecule has 0 aliphatic carbocycles. The SMILES string of the molecule is CCc1ccc(NC(=O)Cn2cc(-c3ccccc3)c3ncn(CCCOC)c(=O)c32)cc1. The standard InChI is InChI=1S/C26H28N4O3/c1-3-19-10-12-21(13-11-19)28-23(31)17-30-16-22(20-8-5-4-6-9-20)24-25(30)26(32)29(18-27-24)14-7-15-33-2/h4-6,8-13,16,18H,3,7,14-15,17H2,1-2H3,(H,28,31). The lowest BCUT2D eigenvalue weighted by Crippen LogP contribution is -2.25. The number of carbonyl (C=O) groups excluding carboxylic acids is 1. The molecule has 0 unspecified atom stereocenters. The zero-order valence-corrected chi connectivity index (χ0v) is 19.0. The van der Waals surface area contributed by atoms with Gasteiger partial charge in [0.05, 0.1) is 6.33 Å². The zero-order valence-electron chi connectivity index (χ0n) is 19.0. The Morgan fingerprint density at radius 2 is 1.82 bits per heavy atom. The first-order chi connectivity index (χ1) is 16.1. The number of ether oxygens (including phenoxy) is 1. The van der Waals surface area contributed by atoms with Crippen molar-refractivity contribution in [3.63, 3.8) is 0 Å². The summed E-state index contributed by atoms with van der Waals surface area (Å²) in [6.07, 6.45) is 5.06. The molecule has 1 N–H and O–H groups in total. The molecule has 2 heterocycles. The van der Waals surface area contributed by atoms with Gasteiger partial charge < -0.3 is 14.6 Å². The molecule has 0 spiro atoms. The number of methoxy groups -OCH3 is 1. The van der Waals surface area contributed by atoms with Gasteiger partial charge in [0, 0.05) is 37.7 Å². The normalized spacial score (nSPS) is 11.1. The van der Waals surface area contributed by atoms with Crippen LogP contribution in [0.25, 0.3) is 22.2 Å². The average Bonchev–Trinajstić information content (AvgIpc) is 3.20. The van der Waals surface area contributed by atoms with Gasteiger partial charge in [-0.25, -0.2) is 4.98 Å². The summed E-state index contributed by atoms with van der Waals surface area (Å²) >= 11 is 0. The maximum absolute atomic E-state index is 13.3. The Kier molecular flexibility index (Phi) is 7.00. The number of fused-ring (bicyclic) bond motifs is 1. The Morgan fingerprint density at radius 1 is 1.06 bits per heavy atom. The Balaban J connectivity index is 1.69. The van der Waals surface area contributed by atoms with Gasteiger partial charge in [-0.3, -0.25) is 14.2 Å². The summed E-state index contributed by atoms with van der Waals surface area (Å²) < 4.78 is 8.39. The van der Waals surface area contributed by atoms with Crippen LogP contribution >= 0.6 is 0 Å². The highest BCUT2D eigenvalue weighted by atomic mass is 16.5. The third kappa shape index (κ3) is 5.04. The molecule has 0 saturated heterocycles. The van der Waals surface area contributed by atoms with Crippen molar-refractivity contribution in [2.45, 2.75) is 32.9 Å². The van der Waals surface area contributed by atoms with Crippen LogP contribution in [-0.2, 0) is 29.0 Å². The summed E-state index contributed by atoms with van der Waals surface area (Å²) in [6.45, 7) is 3.15. The molecule has 4 aromatic rings. The molecule has 0 radical (unpaired) electrons. The minimum atomic E-state index is -0.204. The molecule has 33 heavy (non-hydrogen) atoms. The van der Waals surface area contributed by atoms with Gasteiger partial charge in [-0.1, -0.05) is 49.4 Å². The van der Waals surface area contributed by atoms with Crippen LogP contribution in [0.15, 0.2) is 71.9 Å². The second-order valence-electron chi connectivity index (χ2n) is 7.92. The van der Waals surface area contributed by atoms with Crippen molar-refractivity contribution in [1.82, 2.24) is 14.1 Å². The summed E-state index contributed by atoms with van der Waals surface area (Å²) in [5, 5.41) is 2.93. The van der Waals surface area contributed by atoms with E-state index in [0.29, 0.717) is 30.6 Å². The minimum absolute atomic E-state index is 0.0118. The van der Waals surface area contributed by atoms with Crippen LogP contribution < -0.4 is 10.9 Å². The Labute approximate surface area is 192 Å². The van der Waals surface area contributed by atoms with E-state index >= 15 is 0 Å². The lowest BCUT2D eigenvalue weighted by atomic mass is 10.1. The minimum Gasteiger partial charge on any atom is -0.385 e. The lowest BCUT2D eigenvalue weighted by Gasteiger charge is -2.09. The number of rotatable bonds is 9. The van der Waals surface area contributed by atoms with Gasteiger partial charge in [0.2, 0.25) is 5.91 Å². The molecular weight excluding hydrogens is 416 g/mol. The third-order valence-electron chi connectivity index (χ3n) is 5.63. The van der Waals surface area contributed by atoms with E-state index in [-0.39, 0.29) is 18.0 Å². The van der Waals surface area contributed by atoms with Crippen molar-refractivity contribution >= 4 is 22.6 Å². The summed E-state index contributed by atoms with van der Waals surface area (Å²) in [6, 6.07) is 17.5. The highest BCUT2D eigenvalue weighted by Crippen LogP contribution is 2.27. The van der Waals surface area contributed by atoms with Crippen molar-refractivity contribution in [1.29, 1.82) is 0 Å². The number of aryl methyl sites for hydroxylation is 2. The molecule has 0 saturated carbocycles. The number of carbonyl (C=O) groups is 1. The summed E-state index contributed by atoms with van der Waals surface area (Å²) in [7, 11) is 1.63. The molecule has 0 fully saturated rings. The molecule has 170 valence electrons.